The van der Waals surface area contributed by atoms with Gasteiger partial charge >= 0.3 is 5.97 Å². The zero-order valence-electron chi connectivity index (χ0n) is 16.1. The van der Waals surface area contributed by atoms with Crippen LogP contribution in [0.4, 0.5) is 11.4 Å². The van der Waals surface area contributed by atoms with Gasteiger partial charge in [0.25, 0.3) is 5.91 Å². The Kier molecular flexibility index (Phi) is 5.38. The summed E-state index contributed by atoms with van der Waals surface area (Å²) in [5.41, 5.74) is 1.50. The topological polar surface area (TPSA) is 79.3 Å². The molecule has 0 radical (unpaired) electrons. The number of hydrogen-bond acceptors (Lipinski definition) is 6. The molecule has 30 heavy (non-hydrogen) atoms. The number of esters is 1. The highest BCUT2D eigenvalue weighted by atomic mass is 79.9. The van der Waals surface area contributed by atoms with E-state index in [2.05, 4.69) is 21.0 Å². The van der Waals surface area contributed by atoms with E-state index in [1.807, 2.05) is 0 Å². The molecule has 9 heteroatoms. The Hall–Kier alpha value is -2.71. The van der Waals surface area contributed by atoms with Gasteiger partial charge in [0.1, 0.15) is 12.0 Å². The van der Waals surface area contributed by atoms with Crippen LogP contribution in [-0.2, 0) is 19.1 Å². The van der Waals surface area contributed by atoms with Gasteiger partial charge in [0.05, 0.1) is 18.0 Å². The Morgan fingerprint density at radius 1 is 1.17 bits per heavy atom. The van der Waals surface area contributed by atoms with E-state index in [0.29, 0.717) is 22.0 Å². The highest BCUT2D eigenvalue weighted by Crippen LogP contribution is 2.40. The zero-order chi connectivity index (χ0) is 21.6. The van der Waals surface area contributed by atoms with Crippen LogP contribution in [0.1, 0.15) is 12.5 Å². The summed E-state index contributed by atoms with van der Waals surface area (Å²) in [6, 6.07) is 11.1. The monoisotopic (exact) mass is 489 g/mol. The van der Waals surface area contributed by atoms with Crippen molar-refractivity contribution < 1.29 is 19.1 Å². The van der Waals surface area contributed by atoms with Gasteiger partial charge in [0.2, 0.25) is 5.91 Å². The lowest BCUT2D eigenvalue weighted by Gasteiger charge is -2.23. The molecule has 0 aromatic heterocycles. The summed E-state index contributed by atoms with van der Waals surface area (Å²) in [6.07, 6.45) is 0. The van der Waals surface area contributed by atoms with E-state index in [9.17, 15) is 14.4 Å². The Balaban J connectivity index is 1.82. The van der Waals surface area contributed by atoms with Crippen LogP contribution in [0.25, 0.3) is 0 Å². The van der Waals surface area contributed by atoms with Crippen molar-refractivity contribution in [2.75, 3.05) is 16.5 Å². The molecule has 2 atom stereocenters. The summed E-state index contributed by atoms with van der Waals surface area (Å²) < 4.78 is 5.95. The molecule has 7 nitrogen and oxygen atoms in total. The van der Waals surface area contributed by atoms with Crippen molar-refractivity contribution in [3.8, 4) is 0 Å². The molecule has 1 fully saturated rings. The van der Waals surface area contributed by atoms with E-state index >= 15 is 0 Å². The fourth-order valence-corrected chi connectivity index (χ4v) is 4.11. The second-order valence-corrected chi connectivity index (χ2v) is 8.17. The summed E-state index contributed by atoms with van der Waals surface area (Å²) in [6.45, 7) is 3.53. The maximum absolute atomic E-state index is 13.4. The third kappa shape index (κ3) is 3.20. The number of ether oxygens (including phenoxy) is 1. The lowest BCUT2D eigenvalue weighted by Crippen LogP contribution is -2.39. The fourth-order valence-electron chi connectivity index (χ4n) is 3.67. The van der Waals surface area contributed by atoms with E-state index in [4.69, 9.17) is 16.3 Å². The third-order valence-electron chi connectivity index (χ3n) is 5.10. The minimum absolute atomic E-state index is 0.0784. The number of fused-ring (bicyclic) bond motifs is 1. The zero-order valence-corrected chi connectivity index (χ0v) is 18.5. The summed E-state index contributed by atoms with van der Waals surface area (Å²) in [7, 11) is 0. The number of carbonyl (C=O) groups excluding carboxylic acids is 3. The van der Waals surface area contributed by atoms with Crippen molar-refractivity contribution in [2.45, 2.75) is 19.9 Å². The maximum atomic E-state index is 13.4. The summed E-state index contributed by atoms with van der Waals surface area (Å²) in [5, 5.41) is 6.18. The largest absolute Gasteiger partial charge is 0.461 e. The highest BCUT2D eigenvalue weighted by molar-refractivity contribution is 9.10. The van der Waals surface area contributed by atoms with Crippen LogP contribution in [0.3, 0.4) is 0 Å². The van der Waals surface area contributed by atoms with Gasteiger partial charge in [-0.05, 0) is 55.8 Å². The van der Waals surface area contributed by atoms with E-state index in [1.54, 1.807) is 56.3 Å². The van der Waals surface area contributed by atoms with Crippen LogP contribution >= 0.6 is 27.5 Å². The molecular formula is C21H17BrClN3O4. The Labute approximate surface area is 186 Å². The first kappa shape index (κ1) is 20.6. The first-order valence-corrected chi connectivity index (χ1v) is 10.5. The van der Waals surface area contributed by atoms with Crippen molar-refractivity contribution in [1.82, 2.24) is 0 Å². The van der Waals surface area contributed by atoms with E-state index in [0.717, 1.165) is 9.37 Å². The SMILES string of the molecule is CCOC(=O)C1=NN(c2ccc(Br)cc2)[C@@H]2C(=O)N(c3cccc(Cl)c3C)C(=O)[C@H]12. The van der Waals surface area contributed by atoms with Crippen molar-refractivity contribution >= 4 is 62.4 Å². The molecule has 4 rings (SSSR count). The molecule has 2 aromatic rings. The smallest absolute Gasteiger partial charge is 0.355 e. The molecule has 2 aliphatic heterocycles. The number of carbonyl (C=O) groups is 3. The third-order valence-corrected chi connectivity index (χ3v) is 6.04. The van der Waals surface area contributed by atoms with Gasteiger partial charge in [0, 0.05) is 9.50 Å². The molecule has 2 amide bonds. The predicted octanol–water partition coefficient (Wildman–Crippen LogP) is 3.71. The number of benzene rings is 2. The number of rotatable bonds is 4. The van der Waals surface area contributed by atoms with E-state index < -0.39 is 29.7 Å². The second kappa shape index (κ2) is 7.85. The minimum Gasteiger partial charge on any atom is -0.461 e. The van der Waals surface area contributed by atoms with Crippen molar-refractivity contribution in [1.29, 1.82) is 0 Å². The molecule has 2 aromatic carbocycles. The standard InChI is InChI=1S/C21H17BrClN3O4/c1-3-30-21(29)17-16-18(26(24-17)13-9-7-12(22)8-10-13)20(28)25(19(16)27)15-6-4-5-14(23)11(15)2/h4-10,16,18H,3H2,1-2H3/t16-,18+/m1/s1. The van der Waals surface area contributed by atoms with Gasteiger partial charge in [-0.25, -0.2) is 9.69 Å². The number of hydrazone groups is 1. The van der Waals surface area contributed by atoms with Crippen molar-refractivity contribution in [2.24, 2.45) is 11.0 Å². The number of hydrogen-bond donors (Lipinski definition) is 0. The molecule has 0 bridgehead atoms. The van der Waals surface area contributed by atoms with Crippen LogP contribution in [0.2, 0.25) is 5.02 Å². The molecule has 0 spiro atoms. The highest BCUT2D eigenvalue weighted by Gasteiger charge is 2.59. The van der Waals surface area contributed by atoms with Crippen molar-refractivity contribution in [3.05, 3.63) is 57.5 Å². The number of halogens is 2. The molecular weight excluding hydrogens is 474 g/mol. The average Bonchev–Trinajstić information content (AvgIpc) is 3.23. The van der Waals surface area contributed by atoms with Crippen LogP contribution < -0.4 is 9.91 Å². The quantitative estimate of drug-likeness (QED) is 0.482. The van der Waals surface area contributed by atoms with E-state index in [-0.39, 0.29) is 12.3 Å². The molecule has 0 unspecified atom stereocenters. The summed E-state index contributed by atoms with van der Waals surface area (Å²) in [5.74, 6) is -2.76. The molecule has 0 aliphatic carbocycles. The first-order chi connectivity index (χ1) is 14.3. The molecule has 0 saturated carbocycles. The van der Waals surface area contributed by atoms with Crippen molar-refractivity contribution in [3.63, 3.8) is 0 Å². The summed E-state index contributed by atoms with van der Waals surface area (Å²) in [4.78, 5) is 40.4. The molecule has 0 N–H and O–H groups in total. The Bertz CT molecular complexity index is 1090. The van der Waals surface area contributed by atoms with Crippen LogP contribution in [-0.4, -0.2) is 36.1 Å². The lowest BCUT2D eigenvalue weighted by molar-refractivity contribution is -0.136. The second-order valence-electron chi connectivity index (χ2n) is 6.85. The normalized spacial score (nSPS) is 20.5. The Morgan fingerprint density at radius 2 is 1.87 bits per heavy atom. The Morgan fingerprint density at radius 3 is 2.53 bits per heavy atom. The predicted molar refractivity (Wildman–Crippen MR) is 117 cm³/mol. The maximum Gasteiger partial charge on any atom is 0.355 e. The van der Waals surface area contributed by atoms with Gasteiger partial charge in [0.15, 0.2) is 5.71 Å². The van der Waals surface area contributed by atoms with Gasteiger partial charge in [-0.15, -0.1) is 0 Å². The molecule has 154 valence electrons. The number of nitrogens with zero attached hydrogens (tertiary/aromatic N) is 3. The molecule has 1 saturated heterocycles. The van der Waals surface area contributed by atoms with Gasteiger partial charge in [-0.3, -0.25) is 14.6 Å². The number of imide groups is 1. The van der Waals surface area contributed by atoms with Gasteiger partial charge in [-0.1, -0.05) is 33.6 Å². The van der Waals surface area contributed by atoms with Crippen LogP contribution in [0.5, 0.6) is 0 Å². The molecule has 2 heterocycles. The average molecular weight is 491 g/mol. The fraction of sp³-hybridized carbons (Fsp3) is 0.238. The van der Waals surface area contributed by atoms with Crippen LogP contribution in [0.15, 0.2) is 52.0 Å². The first-order valence-electron chi connectivity index (χ1n) is 9.28. The van der Waals surface area contributed by atoms with Gasteiger partial charge < -0.3 is 4.74 Å². The lowest BCUT2D eigenvalue weighted by atomic mass is 9.98. The van der Waals surface area contributed by atoms with Gasteiger partial charge in [-0.2, -0.15) is 5.10 Å². The van der Waals surface area contributed by atoms with E-state index in [1.165, 1.54) is 5.01 Å². The summed E-state index contributed by atoms with van der Waals surface area (Å²) >= 11 is 9.58. The van der Waals surface area contributed by atoms with Crippen LogP contribution in [0, 0.1) is 12.8 Å². The number of anilines is 2. The number of amides is 2. The minimum atomic E-state index is -1.06. The molecule has 2 aliphatic rings.